The second-order valence-electron chi connectivity index (χ2n) is 6.24. The first-order valence-corrected chi connectivity index (χ1v) is 6.70. The van der Waals surface area contributed by atoms with Gasteiger partial charge in [0.2, 0.25) is 0 Å². The van der Waals surface area contributed by atoms with Gasteiger partial charge in [0, 0.05) is 11.8 Å². The number of hydrogen-bond acceptors (Lipinski definition) is 3. The van der Waals surface area contributed by atoms with Gasteiger partial charge in [-0.25, -0.2) is 0 Å². The van der Waals surface area contributed by atoms with Gasteiger partial charge in [0.05, 0.1) is 12.3 Å². The topological polar surface area (TPSA) is 31.4 Å². The molecule has 1 aliphatic rings. The van der Waals surface area contributed by atoms with Crippen molar-refractivity contribution < 1.29 is 9.47 Å². The summed E-state index contributed by atoms with van der Waals surface area (Å²) >= 11 is 0. The van der Waals surface area contributed by atoms with E-state index in [1.807, 2.05) is 27.0 Å². The predicted molar refractivity (Wildman–Crippen MR) is 72.4 cm³/mol. The zero-order valence-electron chi connectivity index (χ0n) is 12.0. The molecule has 2 rings (SSSR count). The van der Waals surface area contributed by atoms with E-state index in [-0.39, 0.29) is 5.60 Å². The summed E-state index contributed by atoms with van der Waals surface area (Å²) in [6.07, 6.45) is 6.31. The Morgan fingerprint density at radius 2 is 1.89 bits per heavy atom. The molecular weight excluding hydrogens is 226 g/mol. The lowest BCUT2D eigenvalue weighted by atomic mass is 10.0. The average molecular weight is 249 g/mol. The minimum Gasteiger partial charge on any atom is -0.486 e. The molecule has 0 aromatic carbocycles. The van der Waals surface area contributed by atoms with Gasteiger partial charge in [0.15, 0.2) is 11.5 Å². The molecule has 1 aromatic heterocycles. The first-order valence-electron chi connectivity index (χ1n) is 6.70. The van der Waals surface area contributed by atoms with Gasteiger partial charge < -0.3 is 9.47 Å². The van der Waals surface area contributed by atoms with Gasteiger partial charge in [-0.15, -0.1) is 0 Å². The Hall–Kier alpha value is -1.25. The molecule has 0 aliphatic heterocycles. The van der Waals surface area contributed by atoms with Crippen LogP contribution in [0.2, 0.25) is 0 Å². The summed E-state index contributed by atoms with van der Waals surface area (Å²) in [5.74, 6) is 2.03. The van der Waals surface area contributed by atoms with E-state index in [1.165, 1.54) is 0 Å². The maximum Gasteiger partial charge on any atom is 0.180 e. The van der Waals surface area contributed by atoms with Crippen molar-refractivity contribution in [3.8, 4) is 11.5 Å². The minimum absolute atomic E-state index is 0.237. The zero-order valence-corrected chi connectivity index (χ0v) is 12.0. The molecule has 0 radical (unpaired) electrons. The highest BCUT2D eigenvalue weighted by Crippen LogP contribution is 2.40. The molecular formula is C15H23NO2. The Balaban J connectivity index is 2.33. The summed E-state index contributed by atoms with van der Waals surface area (Å²) in [6.45, 7) is 10.4. The van der Waals surface area contributed by atoms with Crippen LogP contribution in [0.15, 0.2) is 12.4 Å². The maximum absolute atomic E-state index is 6.03. The van der Waals surface area contributed by atoms with Crippen LogP contribution < -0.4 is 9.47 Å². The lowest BCUT2D eigenvalue weighted by molar-refractivity contribution is 0.121. The van der Waals surface area contributed by atoms with Crippen LogP contribution in [0.1, 0.15) is 58.9 Å². The number of nitrogens with zero attached hydrogens (tertiary/aromatic N) is 1. The van der Waals surface area contributed by atoms with Gasteiger partial charge in [-0.1, -0.05) is 13.8 Å². The first-order chi connectivity index (χ1) is 8.37. The largest absolute Gasteiger partial charge is 0.486 e. The second kappa shape index (κ2) is 4.79. The molecule has 3 heteroatoms. The van der Waals surface area contributed by atoms with E-state index in [1.54, 1.807) is 6.20 Å². The fraction of sp³-hybridized carbons (Fsp3) is 0.667. The van der Waals surface area contributed by atoms with Crippen molar-refractivity contribution in [2.45, 2.75) is 65.1 Å². The van der Waals surface area contributed by atoms with Gasteiger partial charge >= 0.3 is 0 Å². The Bertz CT molecular complexity index is 417. The molecule has 0 saturated heterocycles. The van der Waals surface area contributed by atoms with Gasteiger partial charge in [0.25, 0.3) is 0 Å². The van der Waals surface area contributed by atoms with E-state index in [4.69, 9.17) is 9.47 Å². The standard InChI is InChI=1S/C15H23NO2/c1-10(2)12-8-16-9-13(18-15(3,4)5)14(12)17-11-6-7-11/h8-11H,6-7H2,1-5H3. The summed E-state index contributed by atoms with van der Waals surface area (Å²) < 4.78 is 12.0. The van der Waals surface area contributed by atoms with Gasteiger partial charge in [-0.3, -0.25) is 4.98 Å². The van der Waals surface area contributed by atoms with Crippen LogP contribution in [-0.4, -0.2) is 16.7 Å². The zero-order chi connectivity index (χ0) is 13.3. The SMILES string of the molecule is CC(C)c1cncc(OC(C)(C)C)c1OC1CC1. The van der Waals surface area contributed by atoms with Gasteiger partial charge in [0.1, 0.15) is 5.60 Å². The second-order valence-corrected chi connectivity index (χ2v) is 6.24. The Morgan fingerprint density at radius 1 is 1.22 bits per heavy atom. The average Bonchev–Trinajstić information content (AvgIpc) is 3.01. The summed E-state index contributed by atoms with van der Waals surface area (Å²) in [5.41, 5.74) is 0.891. The molecule has 0 atom stereocenters. The van der Waals surface area contributed by atoms with Crippen molar-refractivity contribution in [2.75, 3.05) is 0 Å². The molecule has 1 heterocycles. The van der Waals surface area contributed by atoms with E-state index in [0.29, 0.717) is 12.0 Å². The highest BCUT2D eigenvalue weighted by atomic mass is 16.5. The van der Waals surface area contributed by atoms with Crippen LogP contribution in [-0.2, 0) is 0 Å². The highest BCUT2D eigenvalue weighted by molar-refractivity contribution is 5.46. The van der Waals surface area contributed by atoms with Crippen LogP contribution in [0.25, 0.3) is 0 Å². The molecule has 0 unspecified atom stereocenters. The quantitative estimate of drug-likeness (QED) is 0.810. The molecule has 1 saturated carbocycles. The molecule has 1 fully saturated rings. The summed E-state index contributed by atoms with van der Waals surface area (Å²) in [5, 5.41) is 0. The van der Waals surface area contributed by atoms with Crippen LogP contribution >= 0.6 is 0 Å². The molecule has 0 amide bonds. The molecule has 0 bridgehead atoms. The van der Waals surface area contributed by atoms with Crippen molar-refractivity contribution in [1.82, 2.24) is 4.98 Å². The predicted octanol–water partition coefficient (Wildman–Crippen LogP) is 3.92. The van der Waals surface area contributed by atoms with Crippen molar-refractivity contribution in [2.24, 2.45) is 0 Å². The molecule has 1 aliphatic carbocycles. The van der Waals surface area contributed by atoms with Crippen LogP contribution in [0, 0.1) is 0 Å². The number of aromatic nitrogens is 1. The van der Waals surface area contributed by atoms with Gasteiger partial charge in [-0.2, -0.15) is 0 Å². The molecule has 0 spiro atoms. The van der Waals surface area contributed by atoms with Crippen molar-refractivity contribution in [3.05, 3.63) is 18.0 Å². The van der Waals surface area contributed by atoms with E-state index in [9.17, 15) is 0 Å². The normalized spacial score (nSPS) is 15.9. The molecule has 100 valence electrons. The number of pyridine rings is 1. The molecule has 18 heavy (non-hydrogen) atoms. The van der Waals surface area contributed by atoms with Crippen LogP contribution in [0.5, 0.6) is 11.5 Å². The number of rotatable bonds is 4. The Morgan fingerprint density at radius 3 is 2.39 bits per heavy atom. The first kappa shape index (κ1) is 13.2. The molecule has 1 aromatic rings. The minimum atomic E-state index is -0.237. The van der Waals surface area contributed by atoms with Crippen molar-refractivity contribution in [1.29, 1.82) is 0 Å². The fourth-order valence-electron chi connectivity index (χ4n) is 1.74. The third-order valence-electron chi connectivity index (χ3n) is 2.74. The van der Waals surface area contributed by atoms with Crippen molar-refractivity contribution >= 4 is 0 Å². The summed E-state index contributed by atoms with van der Waals surface area (Å²) in [6, 6.07) is 0. The van der Waals surface area contributed by atoms with Crippen LogP contribution in [0.4, 0.5) is 0 Å². The van der Waals surface area contributed by atoms with Crippen molar-refractivity contribution in [3.63, 3.8) is 0 Å². The smallest absolute Gasteiger partial charge is 0.180 e. The van der Waals surface area contributed by atoms with E-state index in [2.05, 4.69) is 18.8 Å². The number of ether oxygens (including phenoxy) is 2. The highest BCUT2D eigenvalue weighted by Gasteiger charge is 2.28. The lowest BCUT2D eigenvalue weighted by Gasteiger charge is -2.24. The third kappa shape index (κ3) is 3.37. The van der Waals surface area contributed by atoms with E-state index in [0.717, 1.165) is 29.9 Å². The van der Waals surface area contributed by atoms with Gasteiger partial charge in [-0.05, 0) is 39.5 Å². The number of hydrogen-bond donors (Lipinski definition) is 0. The fourth-order valence-corrected chi connectivity index (χ4v) is 1.74. The van der Waals surface area contributed by atoms with E-state index >= 15 is 0 Å². The lowest BCUT2D eigenvalue weighted by Crippen LogP contribution is -2.23. The van der Waals surface area contributed by atoms with E-state index < -0.39 is 0 Å². The third-order valence-corrected chi connectivity index (χ3v) is 2.74. The summed E-state index contributed by atoms with van der Waals surface area (Å²) in [4.78, 5) is 4.27. The monoisotopic (exact) mass is 249 g/mol. The van der Waals surface area contributed by atoms with Crippen LogP contribution in [0.3, 0.4) is 0 Å². The maximum atomic E-state index is 6.03. The Labute approximate surface area is 110 Å². The molecule has 3 nitrogen and oxygen atoms in total. The Kier molecular flexibility index (Phi) is 3.51. The summed E-state index contributed by atoms with van der Waals surface area (Å²) in [7, 11) is 0. The molecule has 0 N–H and O–H groups in total.